The van der Waals surface area contributed by atoms with Gasteiger partial charge in [0, 0.05) is 9.50 Å². The number of thioether (sulfide) groups is 1. The molecule has 0 radical (unpaired) electrons. The first-order valence-electron chi connectivity index (χ1n) is 7.27. The number of anilines is 1. The Kier molecular flexibility index (Phi) is 5.93. The maximum absolute atomic E-state index is 12.1. The molecule has 0 saturated heterocycles. The Bertz CT molecular complexity index is 1000. The van der Waals surface area contributed by atoms with Gasteiger partial charge in [0.1, 0.15) is 6.07 Å². The molecule has 1 N–H and O–H groups in total. The average molecular weight is 450 g/mol. The van der Waals surface area contributed by atoms with E-state index in [1.165, 1.54) is 6.07 Å². The molecule has 9 heteroatoms. The molecule has 0 atom stereocenters. The van der Waals surface area contributed by atoms with Crippen LogP contribution in [-0.4, -0.2) is 21.9 Å². The largest absolute Gasteiger partial charge is 0.411 e. The lowest BCUT2D eigenvalue weighted by atomic mass is 10.2. The van der Waals surface area contributed by atoms with Crippen LogP contribution in [0, 0.1) is 11.3 Å². The van der Waals surface area contributed by atoms with Crippen LogP contribution in [0.4, 0.5) is 5.69 Å². The quantitative estimate of drug-likeness (QED) is 0.565. The van der Waals surface area contributed by atoms with Crippen molar-refractivity contribution in [3.8, 4) is 17.5 Å². The molecule has 0 fully saturated rings. The standard InChI is InChI=1S/C17H10BrClN4O2S/c18-13-4-2-1-3-12(13)16-22-23-17(25-16)26-9-15(24)21-14-7-11(19)6-5-10(14)8-20/h1-7H,9H2,(H,21,24). The van der Waals surface area contributed by atoms with E-state index in [-0.39, 0.29) is 16.9 Å². The summed E-state index contributed by atoms with van der Waals surface area (Å²) < 4.78 is 6.41. The van der Waals surface area contributed by atoms with E-state index in [2.05, 4.69) is 31.4 Å². The van der Waals surface area contributed by atoms with E-state index in [1.54, 1.807) is 12.1 Å². The highest BCUT2D eigenvalue weighted by molar-refractivity contribution is 9.10. The zero-order chi connectivity index (χ0) is 18.5. The number of nitrogens with zero attached hydrogens (tertiary/aromatic N) is 3. The van der Waals surface area contributed by atoms with Crippen LogP contribution in [0.2, 0.25) is 5.02 Å². The van der Waals surface area contributed by atoms with Crippen molar-refractivity contribution in [3.05, 3.63) is 57.5 Å². The Morgan fingerprint density at radius 3 is 2.88 bits per heavy atom. The van der Waals surface area contributed by atoms with Crippen LogP contribution in [-0.2, 0) is 4.79 Å². The van der Waals surface area contributed by atoms with Gasteiger partial charge in [-0.2, -0.15) is 5.26 Å². The second-order valence-electron chi connectivity index (χ2n) is 4.99. The van der Waals surface area contributed by atoms with Crippen LogP contribution in [0.15, 0.2) is 56.6 Å². The molecule has 0 unspecified atom stereocenters. The van der Waals surface area contributed by atoms with Crippen molar-refractivity contribution in [1.29, 1.82) is 5.26 Å². The number of benzene rings is 2. The highest BCUT2D eigenvalue weighted by atomic mass is 79.9. The van der Waals surface area contributed by atoms with Gasteiger partial charge in [-0.1, -0.05) is 35.5 Å². The Hall–Kier alpha value is -2.34. The first-order chi connectivity index (χ1) is 12.6. The highest BCUT2D eigenvalue weighted by Crippen LogP contribution is 2.29. The fourth-order valence-corrected chi connectivity index (χ4v) is 3.23. The van der Waals surface area contributed by atoms with Crippen LogP contribution in [0.3, 0.4) is 0 Å². The normalized spacial score (nSPS) is 10.3. The first kappa shape index (κ1) is 18.5. The van der Waals surface area contributed by atoms with Gasteiger partial charge in [0.25, 0.3) is 5.22 Å². The summed E-state index contributed by atoms with van der Waals surface area (Å²) >= 11 is 10.4. The summed E-state index contributed by atoms with van der Waals surface area (Å²) in [4.78, 5) is 12.1. The van der Waals surface area contributed by atoms with Gasteiger partial charge < -0.3 is 9.73 Å². The summed E-state index contributed by atoms with van der Waals surface area (Å²) in [7, 11) is 0. The summed E-state index contributed by atoms with van der Waals surface area (Å²) in [6.45, 7) is 0. The number of hydrogen-bond donors (Lipinski definition) is 1. The second kappa shape index (κ2) is 8.36. The van der Waals surface area contributed by atoms with Crippen molar-refractivity contribution in [2.75, 3.05) is 11.1 Å². The summed E-state index contributed by atoms with van der Waals surface area (Å²) in [5.41, 5.74) is 1.47. The molecule has 3 rings (SSSR count). The molecular weight excluding hydrogens is 440 g/mol. The zero-order valence-electron chi connectivity index (χ0n) is 13.1. The number of rotatable bonds is 5. The number of nitriles is 1. The smallest absolute Gasteiger partial charge is 0.277 e. The molecular formula is C17H10BrClN4O2S. The number of nitrogens with one attached hydrogen (secondary N) is 1. The molecule has 6 nitrogen and oxygen atoms in total. The van der Waals surface area contributed by atoms with Gasteiger partial charge in [0.2, 0.25) is 11.8 Å². The van der Waals surface area contributed by atoms with Crippen molar-refractivity contribution in [2.24, 2.45) is 0 Å². The van der Waals surface area contributed by atoms with E-state index in [4.69, 9.17) is 21.3 Å². The van der Waals surface area contributed by atoms with Crippen LogP contribution < -0.4 is 5.32 Å². The van der Waals surface area contributed by atoms with E-state index in [9.17, 15) is 4.79 Å². The predicted molar refractivity (Wildman–Crippen MR) is 103 cm³/mol. The zero-order valence-corrected chi connectivity index (χ0v) is 16.2. The van der Waals surface area contributed by atoms with E-state index in [0.717, 1.165) is 21.8 Å². The number of aromatic nitrogens is 2. The highest BCUT2D eigenvalue weighted by Gasteiger charge is 2.14. The average Bonchev–Trinajstić information content (AvgIpc) is 3.09. The maximum atomic E-state index is 12.1. The molecule has 0 aliphatic rings. The molecule has 130 valence electrons. The van der Waals surface area contributed by atoms with Gasteiger partial charge >= 0.3 is 0 Å². The second-order valence-corrected chi connectivity index (χ2v) is 7.21. The van der Waals surface area contributed by atoms with Crippen molar-refractivity contribution in [2.45, 2.75) is 5.22 Å². The Labute approximate surface area is 166 Å². The van der Waals surface area contributed by atoms with Crippen LogP contribution in [0.5, 0.6) is 0 Å². The van der Waals surface area contributed by atoms with Gasteiger partial charge in [0.05, 0.1) is 22.6 Å². The number of halogens is 2. The molecule has 1 amide bonds. The number of hydrogen-bond acceptors (Lipinski definition) is 6. The third-order valence-electron chi connectivity index (χ3n) is 3.21. The number of carbonyl (C=O) groups excluding carboxylic acids is 1. The Morgan fingerprint density at radius 1 is 1.31 bits per heavy atom. The lowest BCUT2D eigenvalue weighted by Gasteiger charge is -2.06. The van der Waals surface area contributed by atoms with Gasteiger partial charge in [-0.25, -0.2) is 0 Å². The van der Waals surface area contributed by atoms with E-state index < -0.39 is 0 Å². The monoisotopic (exact) mass is 448 g/mol. The molecule has 1 heterocycles. The molecule has 0 aliphatic heterocycles. The molecule has 0 aliphatic carbocycles. The topological polar surface area (TPSA) is 91.8 Å². The first-order valence-corrected chi connectivity index (χ1v) is 9.43. The number of carbonyl (C=O) groups is 1. The predicted octanol–water partition coefficient (Wildman–Crippen LogP) is 4.75. The van der Waals surface area contributed by atoms with Gasteiger partial charge in [-0.15, -0.1) is 10.2 Å². The summed E-state index contributed by atoms with van der Waals surface area (Å²) in [5.74, 6) is 0.103. The summed E-state index contributed by atoms with van der Waals surface area (Å²) in [6.07, 6.45) is 0. The number of amides is 1. The molecule has 3 aromatic rings. The minimum absolute atomic E-state index is 0.0506. The SMILES string of the molecule is N#Cc1ccc(Cl)cc1NC(=O)CSc1nnc(-c2ccccc2Br)o1. The van der Waals surface area contributed by atoms with Crippen molar-refractivity contribution < 1.29 is 9.21 Å². The molecule has 0 spiro atoms. The molecule has 1 aromatic heterocycles. The summed E-state index contributed by atoms with van der Waals surface area (Å²) in [5, 5.41) is 20.4. The van der Waals surface area contributed by atoms with Crippen LogP contribution in [0.1, 0.15) is 5.56 Å². The third kappa shape index (κ3) is 4.43. The maximum Gasteiger partial charge on any atom is 0.277 e. The fourth-order valence-electron chi connectivity index (χ4n) is 2.04. The Balaban J connectivity index is 1.63. The van der Waals surface area contributed by atoms with Crippen LogP contribution >= 0.6 is 39.3 Å². The fraction of sp³-hybridized carbons (Fsp3) is 0.0588. The van der Waals surface area contributed by atoms with Crippen molar-refractivity contribution >= 4 is 50.9 Å². The van der Waals surface area contributed by atoms with Crippen LogP contribution in [0.25, 0.3) is 11.5 Å². The summed E-state index contributed by atoms with van der Waals surface area (Å²) in [6, 6.07) is 14.1. The van der Waals surface area contributed by atoms with Crippen molar-refractivity contribution in [1.82, 2.24) is 10.2 Å². The lowest BCUT2D eigenvalue weighted by molar-refractivity contribution is -0.113. The lowest BCUT2D eigenvalue weighted by Crippen LogP contribution is -2.15. The minimum Gasteiger partial charge on any atom is -0.411 e. The minimum atomic E-state index is -0.311. The third-order valence-corrected chi connectivity index (χ3v) is 4.96. The van der Waals surface area contributed by atoms with Gasteiger partial charge in [-0.05, 0) is 46.3 Å². The molecule has 2 aromatic carbocycles. The van der Waals surface area contributed by atoms with Crippen molar-refractivity contribution in [3.63, 3.8) is 0 Å². The van der Waals surface area contributed by atoms with E-state index in [0.29, 0.717) is 22.2 Å². The van der Waals surface area contributed by atoms with E-state index in [1.807, 2.05) is 30.3 Å². The molecule has 0 bridgehead atoms. The Morgan fingerprint density at radius 2 is 2.12 bits per heavy atom. The molecule has 26 heavy (non-hydrogen) atoms. The van der Waals surface area contributed by atoms with Gasteiger partial charge in [0.15, 0.2) is 0 Å². The van der Waals surface area contributed by atoms with Gasteiger partial charge in [-0.3, -0.25) is 4.79 Å². The molecule has 0 saturated carbocycles. The van der Waals surface area contributed by atoms with E-state index >= 15 is 0 Å².